The van der Waals surface area contributed by atoms with E-state index in [1.807, 2.05) is 37.3 Å². The van der Waals surface area contributed by atoms with E-state index in [1.54, 1.807) is 42.5 Å². The highest BCUT2D eigenvalue weighted by molar-refractivity contribution is 7.18. The van der Waals surface area contributed by atoms with Gasteiger partial charge in [-0.1, -0.05) is 18.2 Å². The third-order valence-electron chi connectivity index (χ3n) is 4.20. The van der Waals surface area contributed by atoms with Gasteiger partial charge in [0.2, 0.25) is 0 Å². The summed E-state index contributed by atoms with van der Waals surface area (Å²) in [5.74, 6) is 1.03. The highest BCUT2D eigenvalue weighted by Gasteiger charge is 2.16. The average molecular weight is 418 g/mol. The summed E-state index contributed by atoms with van der Waals surface area (Å²) in [5.41, 5.74) is 1.42. The maximum atomic E-state index is 12.7. The summed E-state index contributed by atoms with van der Waals surface area (Å²) in [4.78, 5) is 25.3. The van der Waals surface area contributed by atoms with Gasteiger partial charge in [-0.15, -0.1) is 11.3 Å². The third-order valence-corrected chi connectivity index (χ3v) is 5.35. The van der Waals surface area contributed by atoms with Crippen molar-refractivity contribution in [1.82, 2.24) is 0 Å². The summed E-state index contributed by atoms with van der Waals surface area (Å²) >= 11 is 1.21. The van der Waals surface area contributed by atoms with Crippen LogP contribution in [0.4, 0.5) is 10.7 Å². The molecule has 0 spiro atoms. The van der Waals surface area contributed by atoms with Gasteiger partial charge in [0.1, 0.15) is 11.5 Å². The van der Waals surface area contributed by atoms with Crippen LogP contribution < -0.4 is 15.4 Å². The Morgan fingerprint density at radius 2 is 1.60 bits per heavy atom. The van der Waals surface area contributed by atoms with Crippen molar-refractivity contribution in [2.75, 3.05) is 10.6 Å². The molecule has 0 saturated carbocycles. The number of carbonyl (C=O) groups excluding carboxylic acids is 2. The minimum Gasteiger partial charge on any atom is -0.459 e. The monoisotopic (exact) mass is 418 g/mol. The first kappa shape index (κ1) is 19.5. The molecular formula is C23H18N2O4S. The molecule has 0 bridgehead atoms. The summed E-state index contributed by atoms with van der Waals surface area (Å²) in [6.07, 6.45) is 1.43. The van der Waals surface area contributed by atoms with Gasteiger partial charge >= 0.3 is 0 Å². The second-order valence-electron chi connectivity index (χ2n) is 6.45. The first-order chi connectivity index (χ1) is 14.6. The van der Waals surface area contributed by atoms with Gasteiger partial charge in [-0.3, -0.25) is 9.59 Å². The summed E-state index contributed by atoms with van der Waals surface area (Å²) in [6, 6.07) is 21.6. The predicted octanol–water partition coefficient (Wildman–Crippen LogP) is 5.95. The van der Waals surface area contributed by atoms with Crippen molar-refractivity contribution >= 4 is 33.8 Å². The Balaban J connectivity index is 1.40. The summed E-state index contributed by atoms with van der Waals surface area (Å²) < 4.78 is 10.8. The van der Waals surface area contributed by atoms with E-state index in [0.717, 1.165) is 11.3 Å². The van der Waals surface area contributed by atoms with Gasteiger partial charge < -0.3 is 19.8 Å². The third kappa shape index (κ3) is 4.59. The molecule has 0 saturated heterocycles. The van der Waals surface area contributed by atoms with Crippen LogP contribution in [0.2, 0.25) is 0 Å². The molecule has 2 aromatic carbocycles. The molecule has 150 valence electrons. The Morgan fingerprint density at radius 3 is 2.30 bits per heavy atom. The minimum absolute atomic E-state index is 0.213. The maximum absolute atomic E-state index is 12.7. The molecule has 0 fully saturated rings. The van der Waals surface area contributed by atoms with Crippen LogP contribution >= 0.6 is 11.3 Å². The van der Waals surface area contributed by atoms with Crippen LogP contribution in [0.5, 0.6) is 11.5 Å². The zero-order chi connectivity index (χ0) is 20.9. The first-order valence-electron chi connectivity index (χ1n) is 9.18. The lowest BCUT2D eigenvalue weighted by Gasteiger charge is -2.08. The molecule has 0 aliphatic carbocycles. The van der Waals surface area contributed by atoms with Crippen molar-refractivity contribution in [3.8, 4) is 11.5 Å². The van der Waals surface area contributed by atoms with Gasteiger partial charge in [-0.05, 0) is 67.1 Å². The van der Waals surface area contributed by atoms with Crippen molar-refractivity contribution in [2.45, 2.75) is 6.92 Å². The van der Waals surface area contributed by atoms with Crippen LogP contribution in [0.25, 0.3) is 0 Å². The lowest BCUT2D eigenvalue weighted by molar-refractivity contribution is 0.0995. The fraction of sp³-hybridized carbons (Fsp3) is 0.0435. The van der Waals surface area contributed by atoms with Crippen molar-refractivity contribution in [3.05, 3.63) is 95.3 Å². The number of hydrogen-bond acceptors (Lipinski definition) is 5. The summed E-state index contributed by atoms with van der Waals surface area (Å²) in [5, 5.41) is 6.19. The average Bonchev–Trinajstić information content (AvgIpc) is 3.40. The number of amides is 2. The SMILES string of the molecule is Cc1cc(NC(=O)c2ccco2)sc1C(=O)Nc1ccc(Oc2ccccc2)cc1. The number of hydrogen-bond donors (Lipinski definition) is 2. The number of furan rings is 1. The van der Waals surface area contributed by atoms with Gasteiger partial charge in [-0.2, -0.15) is 0 Å². The van der Waals surface area contributed by atoms with Gasteiger partial charge in [0.25, 0.3) is 11.8 Å². The van der Waals surface area contributed by atoms with E-state index in [4.69, 9.17) is 9.15 Å². The summed E-state index contributed by atoms with van der Waals surface area (Å²) in [7, 11) is 0. The van der Waals surface area contributed by atoms with E-state index in [1.165, 1.54) is 17.6 Å². The number of para-hydroxylation sites is 1. The molecule has 6 nitrogen and oxygen atoms in total. The lowest BCUT2D eigenvalue weighted by atomic mass is 10.2. The number of thiophene rings is 1. The standard InChI is InChI=1S/C23H18N2O4S/c1-15-14-20(25-22(26)19-8-5-13-28-19)30-21(15)23(27)24-16-9-11-18(12-10-16)29-17-6-3-2-4-7-17/h2-14H,1H3,(H,24,27)(H,25,26). The molecule has 4 aromatic rings. The molecular weight excluding hydrogens is 400 g/mol. The molecule has 2 aromatic heterocycles. The number of carbonyl (C=O) groups is 2. The Hall–Kier alpha value is -3.84. The predicted molar refractivity (Wildman–Crippen MR) is 117 cm³/mol. The van der Waals surface area contributed by atoms with Gasteiger partial charge in [0, 0.05) is 5.69 Å². The van der Waals surface area contributed by atoms with Gasteiger partial charge in [-0.25, -0.2) is 0 Å². The van der Waals surface area contributed by atoms with E-state index in [0.29, 0.717) is 21.3 Å². The zero-order valence-corrected chi connectivity index (χ0v) is 16.9. The molecule has 2 N–H and O–H groups in total. The normalized spacial score (nSPS) is 10.4. The zero-order valence-electron chi connectivity index (χ0n) is 16.0. The van der Waals surface area contributed by atoms with Crippen LogP contribution in [-0.4, -0.2) is 11.8 Å². The number of anilines is 2. The van der Waals surface area contributed by atoms with Crippen molar-refractivity contribution in [2.24, 2.45) is 0 Å². The van der Waals surface area contributed by atoms with Crippen molar-refractivity contribution < 1.29 is 18.7 Å². The Kier molecular flexibility index (Phi) is 5.63. The van der Waals surface area contributed by atoms with Gasteiger partial charge in [0.15, 0.2) is 5.76 Å². The Bertz CT molecular complexity index is 1150. The van der Waals surface area contributed by atoms with Crippen LogP contribution in [-0.2, 0) is 0 Å². The fourth-order valence-electron chi connectivity index (χ4n) is 2.77. The molecule has 0 aliphatic heterocycles. The molecule has 7 heteroatoms. The number of ether oxygens (including phenoxy) is 1. The van der Waals surface area contributed by atoms with E-state index in [9.17, 15) is 9.59 Å². The van der Waals surface area contributed by atoms with Gasteiger partial charge in [0.05, 0.1) is 16.1 Å². The van der Waals surface area contributed by atoms with E-state index in [-0.39, 0.29) is 17.6 Å². The minimum atomic E-state index is -0.359. The van der Waals surface area contributed by atoms with E-state index >= 15 is 0 Å². The highest BCUT2D eigenvalue weighted by atomic mass is 32.1. The lowest BCUT2D eigenvalue weighted by Crippen LogP contribution is -2.11. The van der Waals surface area contributed by atoms with Crippen LogP contribution in [0.15, 0.2) is 83.5 Å². The summed E-state index contributed by atoms with van der Waals surface area (Å²) in [6.45, 7) is 1.82. The van der Waals surface area contributed by atoms with Crippen molar-refractivity contribution in [3.63, 3.8) is 0 Å². The van der Waals surface area contributed by atoms with Crippen molar-refractivity contribution in [1.29, 1.82) is 0 Å². The Labute approximate surface area is 177 Å². The number of nitrogens with one attached hydrogen (secondary N) is 2. The molecule has 2 heterocycles. The molecule has 0 atom stereocenters. The first-order valence-corrected chi connectivity index (χ1v) is 10.00. The van der Waals surface area contributed by atoms with E-state index < -0.39 is 0 Å². The molecule has 0 aliphatic rings. The quantitative estimate of drug-likeness (QED) is 0.406. The second kappa shape index (κ2) is 8.67. The second-order valence-corrected chi connectivity index (χ2v) is 7.50. The van der Waals surface area contributed by atoms with Crippen LogP contribution in [0, 0.1) is 6.92 Å². The molecule has 0 radical (unpaired) electrons. The van der Waals surface area contributed by atoms with Crippen LogP contribution in [0.1, 0.15) is 25.8 Å². The maximum Gasteiger partial charge on any atom is 0.291 e. The van der Waals surface area contributed by atoms with Crippen LogP contribution in [0.3, 0.4) is 0 Å². The molecule has 4 rings (SSSR count). The molecule has 30 heavy (non-hydrogen) atoms. The number of aryl methyl sites for hydroxylation is 1. The smallest absolute Gasteiger partial charge is 0.291 e. The Morgan fingerprint density at radius 1 is 0.867 bits per heavy atom. The molecule has 0 unspecified atom stereocenters. The fourth-order valence-corrected chi connectivity index (χ4v) is 3.73. The number of benzene rings is 2. The highest BCUT2D eigenvalue weighted by Crippen LogP contribution is 2.28. The largest absolute Gasteiger partial charge is 0.459 e. The number of rotatable bonds is 6. The topological polar surface area (TPSA) is 80.6 Å². The molecule has 2 amide bonds. The van der Waals surface area contributed by atoms with E-state index in [2.05, 4.69) is 10.6 Å².